The fraction of sp³-hybridized carbons (Fsp3) is 0.484. The predicted molar refractivity (Wildman–Crippen MR) is 163 cm³/mol. The van der Waals surface area contributed by atoms with E-state index in [4.69, 9.17) is 4.74 Å². The summed E-state index contributed by atoms with van der Waals surface area (Å²) in [5.74, 6) is 2.01. The smallest absolute Gasteiger partial charge is 0.235 e. The summed E-state index contributed by atoms with van der Waals surface area (Å²) in [5, 5.41) is 22.9. The van der Waals surface area contributed by atoms with Gasteiger partial charge in [0, 0.05) is 11.4 Å². The third-order valence-corrected chi connectivity index (χ3v) is 10.3. The number of nitrogens with one attached hydrogen (secondary N) is 1. The zero-order chi connectivity index (χ0) is 29.0. The van der Waals surface area contributed by atoms with Crippen LogP contribution in [0.2, 0.25) is 0 Å². The van der Waals surface area contributed by atoms with Crippen molar-refractivity contribution in [1.82, 2.24) is 14.8 Å². The zero-order valence-corrected chi connectivity index (χ0v) is 26.0. The monoisotopic (exact) mass is 577 g/mol. The van der Waals surface area contributed by atoms with Crippen molar-refractivity contribution in [1.29, 1.82) is 5.26 Å². The lowest BCUT2D eigenvalue weighted by Crippen LogP contribution is -2.28. The van der Waals surface area contributed by atoms with E-state index >= 15 is 0 Å². The molecule has 1 aromatic carbocycles. The van der Waals surface area contributed by atoms with Crippen molar-refractivity contribution >= 4 is 34.0 Å². The number of benzene rings is 1. The van der Waals surface area contributed by atoms with Crippen LogP contribution in [0.15, 0.2) is 36.0 Å². The van der Waals surface area contributed by atoms with Crippen LogP contribution >= 0.6 is 23.1 Å². The number of aryl methyl sites for hydroxylation is 2. The van der Waals surface area contributed by atoms with Gasteiger partial charge in [0.2, 0.25) is 5.91 Å². The second-order valence-electron chi connectivity index (χ2n) is 11.2. The Hall–Kier alpha value is -3.09. The van der Waals surface area contributed by atoms with Gasteiger partial charge in [0.15, 0.2) is 17.1 Å². The second kappa shape index (κ2) is 12.6. The van der Waals surface area contributed by atoms with Gasteiger partial charge in [0.1, 0.15) is 16.8 Å². The number of carbonyl (C=O) groups excluding carboxylic acids is 1. The lowest BCUT2D eigenvalue weighted by Gasteiger charge is -2.36. The highest BCUT2D eigenvalue weighted by Crippen LogP contribution is 2.45. The van der Waals surface area contributed by atoms with E-state index in [0.717, 1.165) is 42.6 Å². The summed E-state index contributed by atoms with van der Waals surface area (Å²) >= 11 is 2.88. The van der Waals surface area contributed by atoms with Crippen molar-refractivity contribution in [3.05, 3.63) is 63.8 Å². The Morgan fingerprint density at radius 3 is 2.83 bits per heavy atom. The Bertz CT molecular complexity index is 1430. The number of anilines is 1. The topological polar surface area (TPSA) is 92.8 Å². The van der Waals surface area contributed by atoms with Crippen LogP contribution < -0.4 is 10.1 Å². The van der Waals surface area contributed by atoms with Gasteiger partial charge in [-0.1, -0.05) is 51.1 Å². The van der Waals surface area contributed by atoms with E-state index in [9.17, 15) is 10.1 Å². The molecule has 2 atom stereocenters. The van der Waals surface area contributed by atoms with Gasteiger partial charge in [-0.25, -0.2) is 0 Å². The van der Waals surface area contributed by atoms with Crippen LogP contribution in [-0.4, -0.2) is 26.4 Å². The number of nitrogens with zero attached hydrogens (tertiary/aromatic N) is 4. The fourth-order valence-electron chi connectivity index (χ4n) is 5.09. The van der Waals surface area contributed by atoms with E-state index in [1.807, 2.05) is 29.7 Å². The van der Waals surface area contributed by atoms with Crippen molar-refractivity contribution in [2.24, 2.45) is 11.3 Å². The van der Waals surface area contributed by atoms with Crippen molar-refractivity contribution in [2.45, 2.75) is 85.0 Å². The molecule has 4 rings (SSSR count). The van der Waals surface area contributed by atoms with Gasteiger partial charge in [-0.05, 0) is 80.2 Å². The molecule has 0 saturated heterocycles. The van der Waals surface area contributed by atoms with E-state index in [2.05, 4.69) is 62.8 Å². The first-order valence-corrected chi connectivity index (χ1v) is 15.6. The quantitative estimate of drug-likeness (QED) is 0.188. The fourth-order valence-corrected chi connectivity index (χ4v) is 7.14. The third kappa shape index (κ3) is 6.45. The van der Waals surface area contributed by atoms with Crippen molar-refractivity contribution in [2.75, 3.05) is 11.1 Å². The predicted octanol–water partition coefficient (Wildman–Crippen LogP) is 7.43. The number of hydrogen-bond acceptors (Lipinski definition) is 7. The third-order valence-electron chi connectivity index (χ3n) is 8.19. The number of thiophene rings is 1. The summed E-state index contributed by atoms with van der Waals surface area (Å²) in [6.07, 6.45) is 5.51. The van der Waals surface area contributed by atoms with Crippen LogP contribution in [0.5, 0.6) is 5.75 Å². The minimum absolute atomic E-state index is 0.153. The Morgan fingerprint density at radius 1 is 1.38 bits per heavy atom. The van der Waals surface area contributed by atoms with Gasteiger partial charge in [-0.2, -0.15) is 5.26 Å². The molecule has 0 radical (unpaired) electrons. The molecule has 0 spiro atoms. The number of allylic oxidation sites excluding steroid dienone is 1. The molecule has 1 amide bonds. The average Bonchev–Trinajstić information content (AvgIpc) is 3.49. The summed E-state index contributed by atoms with van der Waals surface area (Å²) < 4.78 is 8.09. The van der Waals surface area contributed by atoms with Gasteiger partial charge < -0.3 is 10.1 Å². The van der Waals surface area contributed by atoms with Gasteiger partial charge in [-0.3, -0.25) is 9.36 Å². The number of hydrogen-bond donors (Lipinski definition) is 1. The molecule has 0 saturated carbocycles. The average molecular weight is 578 g/mol. The molecule has 0 bridgehead atoms. The zero-order valence-electron chi connectivity index (χ0n) is 24.3. The van der Waals surface area contributed by atoms with E-state index in [1.54, 1.807) is 17.4 Å². The molecule has 212 valence electrons. The van der Waals surface area contributed by atoms with Crippen molar-refractivity contribution < 1.29 is 9.53 Å². The number of thioether (sulfide) groups is 1. The minimum Gasteiger partial charge on any atom is -0.483 e. The number of fused-ring (bicyclic) bond motifs is 1. The highest BCUT2D eigenvalue weighted by molar-refractivity contribution is 7.99. The Kier molecular flexibility index (Phi) is 9.42. The number of aromatic nitrogens is 3. The molecule has 2 aromatic heterocycles. The summed E-state index contributed by atoms with van der Waals surface area (Å²) in [5.41, 5.74) is 4.37. The van der Waals surface area contributed by atoms with Crippen LogP contribution in [0.4, 0.5) is 5.00 Å². The van der Waals surface area contributed by atoms with Gasteiger partial charge in [0.25, 0.3) is 0 Å². The molecule has 0 fully saturated rings. The summed E-state index contributed by atoms with van der Waals surface area (Å²) in [7, 11) is 0. The van der Waals surface area contributed by atoms with Crippen molar-refractivity contribution in [3.63, 3.8) is 0 Å². The van der Waals surface area contributed by atoms with Crippen LogP contribution in [0.1, 0.15) is 79.6 Å². The first-order valence-electron chi connectivity index (χ1n) is 13.8. The standard InChI is InChI=1S/C31H39N5O2S2/c1-8-14-36-28(21(5)38-23-12-10-19(3)20(4)15-23)34-35-30(36)39-18-27(37)33-29-25(17-32)24-13-11-22(16-26(24)40-29)31(6,7)9-2/h8,10,12,15,21-22H,1,9,11,13-14,16,18H2,2-7H3,(H,33,37). The summed E-state index contributed by atoms with van der Waals surface area (Å²) in [6.45, 7) is 17.3. The Balaban J connectivity index is 1.43. The Morgan fingerprint density at radius 2 is 2.15 bits per heavy atom. The van der Waals surface area contributed by atoms with Crippen molar-refractivity contribution in [3.8, 4) is 11.8 Å². The van der Waals surface area contributed by atoms with Gasteiger partial charge >= 0.3 is 0 Å². The van der Waals surface area contributed by atoms with Crippen LogP contribution in [0, 0.1) is 36.5 Å². The maximum atomic E-state index is 13.0. The van der Waals surface area contributed by atoms with E-state index < -0.39 is 0 Å². The van der Waals surface area contributed by atoms with E-state index in [0.29, 0.717) is 34.0 Å². The Labute approximate surface area is 246 Å². The molecule has 3 aromatic rings. The molecule has 1 aliphatic carbocycles. The molecule has 0 aliphatic heterocycles. The molecule has 2 unspecified atom stereocenters. The normalized spacial score (nSPS) is 15.7. The minimum atomic E-state index is -0.338. The van der Waals surface area contributed by atoms with E-state index in [1.165, 1.54) is 22.2 Å². The number of ether oxygens (including phenoxy) is 1. The number of carbonyl (C=O) groups is 1. The summed E-state index contributed by atoms with van der Waals surface area (Å²) in [6, 6.07) is 8.37. The number of amides is 1. The molecular formula is C31H39N5O2S2. The van der Waals surface area contributed by atoms with Gasteiger partial charge in [-0.15, -0.1) is 28.1 Å². The van der Waals surface area contributed by atoms with Crippen LogP contribution in [-0.2, 0) is 24.2 Å². The van der Waals surface area contributed by atoms with Crippen LogP contribution in [0.25, 0.3) is 0 Å². The van der Waals surface area contributed by atoms with Crippen LogP contribution in [0.3, 0.4) is 0 Å². The molecular weight excluding hydrogens is 539 g/mol. The highest BCUT2D eigenvalue weighted by atomic mass is 32.2. The van der Waals surface area contributed by atoms with E-state index in [-0.39, 0.29) is 23.2 Å². The summed E-state index contributed by atoms with van der Waals surface area (Å²) in [4.78, 5) is 14.3. The largest absolute Gasteiger partial charge is 0.483 e. The first-order chi connectivity index (χ1) is 19.1. The highest BCUT2D eigenvalue weighted by Gasteiger charge is 2.34. The molecule has 1 N–H and O–H groups in total. The van der Waals surface area contributed by atoms with Gasteiger partial charge in [0.05, 0.1) is 11.3 Å². The SMILES string of the molecule is C=CCn1c(SCC(=O)Nc2sc3c(c2C#N)CCC(C(C)(C)CC)C3)nnc1C(C)Oc1ccc(C)c(C)c1. The maximum Gasteiger partial charge on any atom is 0.235 e. The lowest BCUT2D eigenvalue weighted by molar-refractivity contribution is -0.113. The first kappa shape index (κ1) is 29.9. The lowest BCUT2D eigenvalue weighted by atomic mass is 9.69. The molecule has 7 nitrogen and oxygen atoms in total. The number of rotatable bonds is 11. The molecule has 9 heteroatoms. The molecule has 40 heavy (non-hydrogen) atoms. The second-order valence-corrected chi connectivity index (χ2v) is 13.2. The molecule has 1 aliphatic rings. The number of nitriles is 1. The molecule has 2 heterocycles. The maximum absolute atomic E-state index is 13.0.